The predicted octanol–water partition coefficient (Wildman–Crippen LogP) is 3.91. The second-order valence-corrected chi connectivity index (χ2v) is 6.98. The quantitative estimate of drug-likeness (QED) is 0.750. The fourth-order valence-corrected chi connectivity index (χ4v) is 3.70. The number of benzene rings is 2. The molecule has 1 aromatic heterocycles. The first-order valence-corrected chi connectivity index (χ1v) is 9.16. The first kappa shape index (κ1) is 17.3. The van der Waals surface area contributed by atoms with Crippen LogP contribution in [-0.2, 0) is 11.3 Å². The van der Waals surface area contributed by atoms with Crippen LogP contribution >= 0.6 is 0 Å². The van der Waals surface area contributed by atoms with E-state index in [1.54, 1.807) is 7.11 Å². The summed E-state index contributed by atoms with van der Waals surface area (Å²) in [5.74, 6) is 1.93. The number of methoxy groups -OCH3 is 1. The minimum atomic E-state index is 0.0879. The zero-order chi connectivity index (χ0) is 18.8. The van der Waals surface area contributed by atoms with E-state index in [1.807, 2.05) is 47.5 Å². The van der Waals surface area contributed by atoms with E-state index in [0.717, 1.165) is 28.4 Å². The SMILES string of the molecule is COc1ccccc1CN1C[C@@H](c2ncc(-c3ccccc3C)[nH]2)CC1=O. The number of nitrogens with zero attached hydrogens (tertiary/aromatic N) is 2. The fraction of sp³-hybridized carbons (Fsp3) is 0.273. The number of imidazole rings is 1. The van der Waals surface area contributed by atoms with Crippen molar-refractivity contribution in [1.29, 1.82) is 0 Å². The highest BCUT2D eigenvalue weighted by Gasteiger charge is 2.32. The third kappa shape index (κ3) is 3.45. The average molecular weight is 361 g/mol. The number of aromatic nitrogens is 2. The van der Waals surface area contributed by atoms with Crippen LogP contribution in [0.3, 0.4) is 0 Å². The lowest BCUT2D eigenvalue weighted by Crippen LogP contribution is -2.24. The van der Waals surface area contributed by atoms with Crippen LogP contribution in [0.25, 0.3) is 11.3 Å². The van der Waals surface area contributed by atoms with Gasteiger partial charge in [0.25, 0.3) is 0 Å². The highest BCUT2D eigenvalue weighted by Crippen LogP contribution is 2.31. The molecule has 5 nitrogen and oxygen atoms in total. The van der Waals surface area contributed by atoms with Gasteiger partial charge in [0, 0.05) is 36.6 Å². The van der Waals surface area contributed by atoms with Crippen molar-refractivity contribution in [3.8, 4) is 17.0 Å². The van der Waals surface area contributed by atoms with Crippen molar-refractivity contribution in [2.45, 2.75) is 25.8 Å². The second-order valence-electron chi connectivity index (χ2n) is 6.98. The van der Waals surface area contributed by atoms with Gasteiger partial charge >= 0.3 is 0 Å². The minimum absolute atomic E-state index is 0.0879. The molecule has 0 aliphatic carbocycles. The molecule has 3 aromatic rings. The number of hydrogen-bond acceptors (Lipinski definition) is 3. The van der Waals surface area contributed by atoms with Crippen LogP contribution in [0.2, 0.25) is 0 Å². The van der Waals surface area contributed by atoms with Crippen molar-refractivity contribution in [3.05, 3.63) is 71.7 Å². The van der Waals surface area contributed by atoms with Crippen molar-refractivity contribution >= 4 is 5.91 Å². The summed E-state index contributed by atoms with van der Waals surface area (Å²) in [7, 11) is 1.66. The summed E-state index contributed by atoms with van der Waals surface area (Å²) in [5.41, 5.74) is 4.37. The standard InChI is InChI=1S/C22H23N3O2/c1-15-7-3-5-9-18(15)19-12-23-22(24-19)17-11-21(26)25(14-17)13-16-8-4-6-10-20(16)27-2/h3-10,12,17H,11,13-14H2,1-2H3,(H,23,24)/t17-/m0/s1. The van der Waals surface area contributed by atoms with Gasteiger partial charge in [0.05, 0.1) is 19.0 Å². The summed E-state index contributed by atoms with van der Waals surface area (Å²) in [5, 5.41) is 0. The van der Waals surface area contributed by atoms with Crippen molar-refractivity contribution in [2.24, 2.45) is 0 Å². The molecule has 1 amide bonds. The Hall–Kier alpha value is -3.08. The van der Waals surface area contributed by atoms with Gasteiger partial charge in [0.15, 0.2) is 0 Å². The Morgan fingerprint density at radius 1 is 1.19 bits per heavy atom. The first-order valence-electron chi connectivity index (χ1n) is 9.16. The molecule has 0 saturated carbocycles. The predicted molar refractivity (Wildman–Crippen MR) is 105 cm³/mol. The highest BCUT2D eigenvalue weighted by molar-refractivity contribution is 5.79. The van der Waals surface area contributed by atoms with Crippen LogP contribution in [0, 0.1) is 6.92 Å². The molecule has 4 rings (SSSR count). The monoisotopic (exact) mass is 361 g/mol. The molecule has 138 valence electrons. The molecule has 0 spiro atoms. The Kier molecular flexibility index (Phi) is 4.67. The third-order valence-electron chi connectivity index (χ3n) is 5.19. The Morgan fingerprint density at radius 3 is 2.78 bits per heavy atom. The molecule has 2 aromatic carbocycles. The molecule has 1 aliphatic rings. The van der Waals surface area contributed by atoms with E-state index in [9.17, 15) is 4.79 Å². The van der Waals surface area contributed by atoms with Crippen LogP contribution in [0.15, 0.2) is 54.7 Å². The summed E-state index contributed by atoms with van der Waals surface area (Å²) in [6.45, 7) is 3.31. The second kappa shape index (κ2) is 7.27. The molecule has 1 N–H and O–H groups in total. The highest BCUT2D eigenvalue weighted by atomic mass is 16.5. The van der Waals surface area contributed by atoms with Crippen LogP contribution in [-0.4, -0.2) is 34.4 Å². The average Bonchev–Trinajstić information content (AvgIpc) is 3.30. The van der Waals surface area contributed by atoms with E-state index in [0.29, 0.717) is 19.5 Å². The van der Waals surface area contributed by atoms with Gasteiger partial charge in [-0.3, -0.25) is 4.79 Å². The molecule has 5 heteroatoms. The van der Waals surface area contributed by atoms with Gasteiger partial charge in [-0.05, 0) is 18.6 Å². The van der Waals surface area contributed by atoms with Crippen molar-refractivity contribution in [3.63, 3.8) is 0 Å². The maximum absolute atomic E-state index is 12.5. The van der Waals surface area contributed by atoms with E-state index < -0.39 is 0 Å². The summed E-state index contributed by atoms with van der Waals surface area (Å²) in [6, 6.07) is 16.1. The number of carbonyl (C=O) groups is 1. The van der Waals surface area contributed by atoms with Crippen LogP contribution in [0.1, 0.15) is 29.3 Å². The molecule has 1 saturated heterocycles. The van der Waals surface area contributed by atoms with Gasteiger partial charge in [0.1, 0.15) is 11.6 Å². The Labute approximate surface area is 159 Å². The number of H-pyrrole nitrogens is 1. The molecular formula is C22H23N3O2. The first-order chi connectivity index (χ1) is 13.2. The number of ether oxygens (including phenoxy) is 1. The van der Waals surface area contributed by atoms with E-state index in [1.165, 1.54) is 5.56 Å². The molecule has 27 heavy (non-hydrogen) atoms. The van der Waals surface area contributed by atoms with Crippen LogP contribution in [0.5, 0.6) is 5.75 Å². The number of aryl methyl sites for hydroxylation is 1. The summed E-state index contributed by atoms with van der Waals surface area (Å²) < 4.78 is 5.41. The largest absolute Gasteiger partial charge is 0.496 e. The number of rotatable bonds is 5. The van der Waals surface area contributed by atoms with Crippen LogP contribution in [0.4, 0.5) is 0 Å². The maximum atomic E-state index is 12.5. The van der Waals surface area contributed by atoms with Gasteiger partial charge in [-0.25, -0.2) is 4.98 Å². The van der Waals surface area contributed by atoms with E-state index in [-0.39, 0.29) is 11.8 Å². The van der Waals surface area contributed by atoms with Crippen molar-refractivity contribution in [2.75, 3.05) is 13.7 Å². The molecule has 0 radical (unpaired) electrons. The van der Waals surface area contributed by atoms with Crippen molar-refractivity contribution in [1.82, 2.24) is 14.9 Å². The topological polar surface area (TPSA) is 58.2 Å². The van der Waals surface area contributed by atoms with Gasteiger partial charge in [-0.1, -0.05) is 42.5 Å². The number of hydrogen-bond donors (Lipinski definition) is 1. The van der Waals surface area contributed by atoms with Gasteiger partial charge in [-0.15, -0.1) is 0 Å². The number of carbonyl (C=O) groups excluding carboxylic acids is 1. The Balaban J connectivity index is 1.51. The number of likely N-dealkylation sites (tertiary alicyclic amines) is 1. The number of para-hydroxylation sites is 1. The number of amides is 1. The molecule has 1 aliphatic heterocycles. The molecule has 0 unspecified atom stereocenters. The maximum Gasteiger partial charge on any atom is 0.223 e. The normalized spacial score (nSPS) is 16.7. The minimum Gasteiger partial charge on any atom is -0.496 e. The molecular weight excluding hydrogens is 338 g/mol. The van der Waals surface area contributed by atoms with Gasteiger partial charge in [0.2, 0.25) is 5.91 Å². The lowest BCUT2D eigenvalue weighted by atomic mass is 10.1. The smallest absolute Gasteiger partial charge is 0.223 e. The number of aromatic amines is 1. The van der Waals surface area contributed by atoms with E-state index >= 15 is 0 Å². The zero-order valence-corrected chi connectivity index (χ0v) is 15.6. The van der Waals surface area contributed by atoms with Crippen molar-refractivity contribution < 1.29 is 9.53 Å². The summed E-state index contributed by atoms with van der Waals surface area (Å²) in [4.78, 5) is 22.4. The van der Waals surface area contributed by atoms with Crippen LogP contribution < -0.4 is 4.74 Å². The third-order valence-corrected chi connectivity index (χ3v) is 5.19. The van der Waals surface area contributed by atoms with Gasteiger partial charge < -0.3 is 14.6 Å². The van der Waals surface area contributed by atoms with E-state index in [2.05, 4.69) is 29.0 Å². The summed E-state index contributed by atoms with van der Waals surface area (Å²) >= 11 is 0. The summed E-state index contributed by atoms with van der Waals surface area (Å²) in [6.07, 6.45) is 2.35. The lowest BCUT2D eigenvalue weighted by molar-refractivity contribution is -0.128. The fourth-order valence-electron chi connectivity index (χ4n) is 3.70. The van der Waals surface area contributed by atoms with Gasteiger partial charge in [-0.2, -0.15) is 0 Å². The van der Waals surface area contributed by atoms with E-state index in [4.69, 9.17) is 4.74 Å². The molecule has 1 fully saturated rings. The lowest BCUT2D eigenvalue weighted by Gasteiger charge is -2.18. The Morgan fingerprint density at radius 2 is 1.96 bits per heavy atom. The number of nitrogens with one attached hydrogen (secondary N) is 1. The molecule has 2 heterocycles. The Bertz CT molecular complexity index is 963. The molecule has 0 bridgehead atoms. The molecule has 1 atom stereocenters. The zero-order valence-electron chi connectivity index (χ0n) is 15.6.